The van der Waals surface area contributed by atoms with Gasteiger partial charge < -0.3 is 19.7 Å². The minimum atomic E-state index is -0.514. The number of aliphatic hydroxyl groups excluding tert-OH is 2. The summed E-state index contributed by atoms with van der Waals surface area (Å²) in [5.74, 6) is -0.609. The standard InChI is InChI=1S/C9H18O4/c1-9(2)12-6-8(13-9)3-7(4-10)5-11/h7-8,10-11H,3-6H2,1-2H3/t8-/m1/s1. The molecule has 1 fully saturated rings. The molecule has 0 radical (unpaired) electrons. The van der Waals surface area contributed by atoms with Gasteiger partial charge in [-0.1, -0.05) is 0 Å². The number of hydrogen-bond donors (Lipinski definition) is 2. The van der Waals surface area contributed by atoms with Gasteiger partial charge in [-0.3, -0.25) is 0 Å². The smallest absolute Gasteiger partial charge is 0.163 e. The van der Waals surface area contributed by atoms with Gasteiger partial charge in [0.2, 0.25) is 0 Å². The van der Waals surface area contributed by atoms with E-state index in [0.717, 1.165) is 0 Å². The minimum absolute atomic E-state index is 0.000648. The fraction of sp³-hybridized carbons (Fsp3) is 1.00. The van der Waals surface area contributed by atoms with Gasteiger partial charge in [0.1, 0.15) is 0 Å². The Morgan fingerprint density at radius 1 is 1.38 bits per heavy atom. The monoisotopic (exact) mass is 190 g/mol. The van der Waals surface area contributed by atoms with Crippen LogP contribution >= 0.6 is 0 Å². The first-order valence-corrected chi connectivity index (χ1v) is 4.61. The summed E-state index contributed by atoms with van der Waals surface area (Å²) < 4.78 is 10.9. The molecule has 0 bridgehead atoms. The van der Waals surface area contributed by atoms with Crippen LogP contribution in [0.1, 0.15) is 20.3 Å². The molecule has 0 unspecified atom stereocenters. The zero-order valence-electron chi connectivity index (χ0n) is 8.19. The molecule has 0 amide bonds. The number of hydrogen-bond acceptors (Lipinski definition) is 4. The summed E-state index contributed by atoms with van der Waals surface area (Å²) in [7, 11) is 0. The first-order chi connectivity index (χ1) is 6.07. The SMILES string of the molecule is CC1(C)OC[C@@H](CC(CO)CO)O1. The van der Waals surface area contributed by atoms with Crippen LogP contribution in [-0.4, -0.2) is 41.9 Å². The average Bonchev–Trinajstić information content (AvgIpc) is 2.41. The second kappa shape index (κ2) is 4.37. The molecule has 1 aliphatic heterocycles. The van der Waals surface area contributed by atoms with Gasteiger partial charge in [0.15, 0.2) is 5.79 Å². The van der Waals surface area contributed by atoms with Crippen molar-refractivity contribution in [1.29, 1.82) is 0 Å². The van der Waals surface area contributed by atoms with Gasteiger partial charge in [-0.15, -0.1) is 0 Å². The van der Waals surface area contributed by atoms with Gasteiger partial charge in [0.25, 0.3) is 0 Å². The molecule has 1 saturated heterocycles. The molecule has 1 atom stereocenters. The lowest BCUT2D eigenvalue weighted by Crippen LogP contribution is -2.24. The summed E-state index contributed by atoms with van der Waals surface area (Å²) in [6.45, 7) is 4.26. The van der Waals surface area contributed by atoms with Crippen molar-refractivity contribution in [1.82, 2.24) is 0 Å². The Kier molecular flexibility index (Phi) is 3.67. The topological polar surface area (TPSA) is 58.9 Å². The van der Waals surface area contributed by atoms with Crippen molar-refractivity contribution >= 4 is 0 Å². The average molecular weight is 190 g/mol. The third kappa shape index (κ3) is 3.23. The van der Waals surface area contributed by atoms with Gasteiger partial charge in [-0.05, 0) is 20.3 Å². The second-order valence-corrected chi connectivity index (χ2v) is 3.92. The largest absolute Gasteiger partial charge is 0.396 e. The van der Waals surface area contributed by atoms with Crippen LogP contribution in [0, 0.1) is 5.92 Å². The fourth-order valence-electron chi connectivity index (χ4n) is 1.46. The van der Waals surface area contributed by atoms with Crippen molar-refractivity contribution in [2.75, 3.05) is 19.8 Å². The summed E-state index contributed by atoms with van der Waals surface area (Å²) >= 11 is 0. The van der Waals surface area contributed by atoms with Crippen molar-refractivity contribution in [2.24, 2.45) is 5.92 Å². The molecular weight excluding hydrogens is 172 g/mol. The molecule has 78 valence electrons. The van der Waals surface area contributed by atoms with E-state index >= 15 is 0 Å². The molecule has 2 N–H and O–H groups in total. The fourth-order valence-corrected chi connectivity index (χ4v) is 1.46. The lowest BCUT2D eigenvalue weighted by atomic mass is 10.0. The molecule has 0 aliphatic carbocycles. The van der Waals surface area contributed by atoms with Crippen LogP contribution in [-0.2, 0) is 9.47 Å². The lowest BCUT2D eigenvalue weighted by Gasteiger charge is -2.19. The quantitative estimate of drug-likeness (QED) is 0.661. The lowest BCUT2D eigenvalue weighted by molar-refractivity contribution is -0.141. The van der Waals surface area contributed by atoms with Crippen LogP contribution in [0.5, 0.6) is 0 Å². The number of rotatable bonds is 4. The summed E-state index contributed by atoms with van der Waals surface area (Å²) in [5, 5.41) is 17.7. The third-order valence-electron chi connectivity index (χ3n) is 2.18. The summed E-state index contributed by atoms with van der Waals surface area (Å²) in [6.07, 6.45) is 0.649. The van der Waals surface area contributed by atoms with Crippen molar-refractivity contribution < 1.29 is 19.7 Å². The van der Waals surface area contributed by atoms with E-state index in [9.17, 15) is 0 Å². The molecule has 0 aromatic rings. The van der Waals surface area contributed by atoms with Crippen LogP contribution in [0.2, 0.25) is 0 Å². The van der Waals surface area contributed by atoms with E-state index in [1.54, 1.807) is 0 Å². The Balaban J connectivity index is 2.31. The molecule has 1 rings (SSSR count). The highest BCUT2D eigenvalue weighted by Gasteiger charge is 2.33. The first-order valence-electron chi connectivity index (χ1n) is 4.61. The van der Waals surface area contributed by atoms with E-state index < -0.39 is 5.79 Å². The van der Waals surface area contributed by atoms with Gasteiger partial charge in [-0.25, -0.2) is 0 Å². The first kappa shape index (κ1) is 10.9. The van der Waals surface area contributed by atoms with Crippen LogP contribution in [0.4, 0.5) is 0 Å². The maximum Gasteiger partial charge on any atom is 0.163 e. The maximum absolute atomic E-state index is 8.86. The predicted molar refractivity (Wildman–Crippen MR) is 47.2 cm³/mol. The Labute approximate surface area is 78.5 Å². The summed E-state index contributed by atoms with van der Waals surface area (Å²) in [5.41, 5.74) is 0. The van der Waals surface area contributed by atoms with E-state index in [1.807, 2.05) is 13.8 Å². The molecule has 0 aromatic carbocycles. The van der Waals surface area contributed by atoms with Gasteiger partial charge in [0.05, 0.1) is 12.7 Å². The van der Waals surface area contributed by atoms with E-state index in [2.05, 4.69) is 0 Å². The molecule has 1 heterocycles. The highest BCUT2D eigenvalue weighted by Crippen LogP contribution is 2.25. The zero-order valence-corrected chi connectivity index (χ0v) is 8.19. The van der Waals surface area contributed by atoms with Crippen molar-refractivity contribution in [2.45, 2.75) is 32.2 Å². The van der Waals surface area contributed by atoms with E-state index in [1.165, 1.54) is 0 Å². The van der Waals surface area contributed by atoms with Gasteiger partial charge in [0, 0.05) is 19.1 Å². The van der Waals surface area contributed by atoms with E-state index in [4.69, 9.17) is 19.7 Å². The van der Waals surface area contributed by atoms with Gasteiger partial charge in [-0.2, -0.15) is 0 Å². The molecule has 0 aromatic heterocycles. The minimum Gasteiger partial charge on any atom is -0.396 e. The Bertz CT molecular complexity index is 154. The highest BCUT2D eigenvalue weighted by molar-refractivity contribution is 4.73. The summed E-state index contributed by atoms with van der Waals surface area (Å²) in [4.78, 5) is 0. The second-order valence-electron chi connectivity index (χ2n) is 3.92. The zero-order chi connectivity index (χ0) is 9.90. The molecule has 1 aliphatic rings. The maximum atomic E-state index is 8.86. The summed E-state index contributed by atoms with van der Waals surface area (Å²) in [6, 6.07) is 0. The molecule has 13 heavy (non-hydrogen) atoms. The number of aliphatic hydroxyl groups is 2. The molecule has 0 spiro atoms. The Morgan fingerprint density at radius 2 is 2.00 bits per heavy atom. The highest BCUT2D eigenvalue weighted by atomic mass is 16.7. The molecule has 0 saturated carbocycles. The molecule has 4 nitrogen and oxygen atoms in total. The van der Waals surface area contributed by atoms with Crippen LogP contribution in [0.3, 0.4) is 0 Å². The Morgan fingerprint density at radius 3 is 2.38 bits per heavy atom. The molecular formula is C9H18O4. The Hall–Kier alpha value is -0.160. The predicted octanol–water partition coefficient (Wildman–Crippen LogP) is 0.129. The van der Waals surface area contributed by atoms with E-state index in [-0.39, 0.29) is 25.2 Å². The van der Waals surface area contributed by atoms with Crippen LogP contribution in [0.15, 0.2) is 0 Å². The van der Waals surface area contributed by atoms with Crippen molar-refractivity contribution in [3.63, 3.8) is 0 Å². The third-order valence-corrected chi connectivity index (χ3v) is 2.18. The van der Waals surface area contributed by atoms with Crippen LogP contribution < -0.4 is 0 Å². The number of ether oxygens (including phenoxy) is 2. The van der Waals surface area contributed by atoms with Gasteiger partial charge >= 0.3 is 0 Å². The molecule has 4 heteroatoms. The van der Waals surface area contributed by atoms with Crippen LogP contribution in [0.25, 0.3) is 0 Å². The van der Waals surface area contributed by atoms with Crippen molar-refractivity contribution in [3.8, 4) is 0 Å². The normalized spacial score (nSPS) is 27.0. The van der Waals surface area contributed by atoms with E-state index in [0.29, 0.717) is 13.0 Å². The van der Waals surface area contributed by atoms with Crippen molar-refractivity contribution in [3.05, 3.63) is 0 Å².